The van der Waals surface area contributed by atoms with Crippen molar-refractivity contribution >= 4 is 21.7 Å². The first kappa shape index (κ1) is 13.1. The van der Waals surface area contributed by atoms with Gasteiger partial charge in [-0.25, -0.2) is 4.98 Å². The molecule has 2 rings (SSSR count). The van der Waals surface area contributed by atoms with Crippen LogP contribution in [0.15, 0.2) is 27.2 Å². The fourth-order valence-electron chi connectivity index (χ4n) is 2.05. The summed E-state index contributed by atoms with van der Waals surface area (Å²) in [6.45, 7) is 8.11. The monoisotopic (exact) mass is 308 g/mol. The summed E-state index contributed by atoms with van der Waals surface area (Å²) in [7, 11) is 0. The van der Waals surface area contributed by atoms with E-state index in [2.05, 4.69) is 45.3 Å². The van der Waals surface area contributed by atoms with E-state index < -0.39 is 0 Å². The maximum absolute atomic E-state index is 5.55. The van der Waals surface area contributed by atoms with Crippen molar-refractivity contribution in [1.29, 1.82) is 0 Å². The molecule has 0 aliphatic rings. The molecule has 2 aromatic heterocycles. The maximum atomic E-state index is 5.55. The Morgan fingerprint density at radius 3 is 2.56 bits per heavy atom. The molecule has 0 spiro atoms. The average Bonchev–Trinajstić information content (AvgIpc) is 2.62. The Morgan fingerprint density at radius 2 is 2.00 bits per heavy atom. The van der Waals surface area contributed by atoms with Crippen LogP contribution in [0.25, 0.3) is 0 Å². The van der Waals surface area contributed by atoms with E-state index in [0.29, 0.717) is 0 Å². The summed E-state index contributed by atoms with van der Waals surface area (Å²) >= 11 is 3.42. The molecule has 0 fully saturated rings. The van der Waals surface area contributed by atoms with E-state index in [9.17, 15) is 0 Å². The van der Waals surface area contributed by atoms with Gasteiger partial charge in [-0.05, 0) is 61.3 Å². The van der Waals surface area contributed by atoms with Crippen LogP contribution in [-0.2, 0) is 0 Å². The van der Waals surface area contributed by atoms with Gasteiger partial charge in [-0.3, -0.25) is 0 Å². The highest BCUT2D eigenvalue weighted by Gasteiger charge is 2.13. The smallest absolute Gasteiger partial charge is 0.129 e. The molecule has 0 aliphatic heterocycles. The second-order valence-corrected chi connectivity index (χ2v) is 5.47. The number of nitrogens with zero attached hydrogens (tertiary/aromatic N) is 1. The molecule has 1 atom stereocenters. The van der Waals surface area contributed by atoms with Crippen LogP contribution in [0.2, 0.25) is 0 Å². The third kappa shape index (κ3) is 2.75. The van der Waals surface area contributed by atoms with Crippen molar-refractivity contribution < 1.29 is 4.42 Å². The molecule has 0 aromatic carbocycles. The van der Waals surface area contributed by atoms with Crippen LogP contribution < -0.4 is 5.32 Å². The Bertz CT molecular complexity index is 563. The highest BCUT2D eigenvalue weighted by molar-refractivity contribution is 9.10. The van der Waals surface area contributed by atoms with E-state index >= 15 is 0 Å². The zero-order chi connectivity index (χ0) is 13.3. The summed E-state index contributed by atoms with van der Waals surface area (Å²) in [5, 5.41) is 3.42. The van der Waals surface area contributed by atoms with E-state index in [-0.39, 0.29) is 6.04 Å². The van der Waals surface area contributed by atoms with Crippen LogP contribution in [0.3, 0.4) is 0 Å². The fraction of sp³-hybridized carbons (Fsp3) is 0.357. The van der Waals surface area contributed by atoms with Crippen molar-refractivity contribution in [2.24, 2.45) is 0 Å². The third-order valence-corrected chi connectivity index (χ3v) is 3.38. The van der Waals surface area contributed by atoms with Crippen molar-refractivity contribution in [2.45, 2.75) is 33.7 Å². The minimum atomic E-state index is 0.176. The molecule has 2 aromatic rings. The molecule has 2 heterocycles. The van der Waals surface area contributed by atoms with Gasteiger partial charge >= 0.3 is 0 Å². The summed E-state index contributed by atoms with van der Waals surface area (Å²) in [4.78, 5) is 4.39. The lowest BCUT2D eigenvalue weighted by molar-refractivity contribution is 0.499. The number of halogens is 1. The quantitative estimate of drug-likeness (QED) is 0.905. The van der Waals surface area contributed by atoms with Gasteiger partial charge in [-0.15, -0.1) is 0 Å². The Balaban J connectivity index is 2.21. The first-order valence-corrected chi connectivity index (χ1v) is 6.72. The highest BCUT2D eigenvalue weighted by atomic mass is 79.9. The normalized spacial score (nSPS) is 12.5. The first-order chi connectivity index (χ1) is 8.47. The van der Waals surface area contributed by atoms with Gasteiger partial charge in [0.2, 0.25) is 0 Å². The molecule has 0 saturated heterocycles. The molecule has 0 bridgehead atoms. The van der Waals surface area contributed by atoms with Gasteiger partial charge in [0.1, 0.15) is 17.3 Å². The van der Waals surface area contributed by atoms with Gasteiger partial charge in [0.25, 0.3) is 0 Å². The standard InChI is InChI=1S/C14H17BrN2O/c1-8-5-12(15)7-16-14(8)17-10(3)13-6-9(2)18-11(13)4/h5-7,10H,1-4H3,(H,16,17). The van der Waals surface area contributed by atoms with E-state index in [1.165, 1.54) is 5.56 Å². The minimum absolute atomic E-state index is 0.176. The topological polar surface area (TPSA) is 38.1 Å². The summed E-state index contributed by atoms with van der Waals surface area (Å²) in [5.74, 6) is 2.81. The maximum Gasteiger partial charge on any atom is 0.129 e. The lowest BCUT2D eigenvalue weighted by Gasteiger charge is -2.15. The van der Waals surface area contributed by atoms with Gasteiger partial charge < -0.3 is 9.73 Å². The average molecular weight is 309 g/mol. The molecular formula is C14H17BrN2O. The Morgan fingerprint density at radius 1 is 1.28 bits per heavy atom. The van der Waals surface area contributed by atoms with Crippen LogP contribution in [0.4, 0.5) is 5.82 Å². The number of furan rings is 1. The van der Waals surface area contributed by atoms with Crippen LogP contribution in [0, 0.1) is 20.8 Å². The highest BCUT2D eigenvalue weighted by Crippen LogP contribution is 2.26. The molecule has 0 saturated carbocycles. The van der Waals surface area contributed by atoms with E-state index in [4.69, 9.17) is 4.42 Å². The van der Waals surface area contributed by atoms with Gasteiger partial charge in [-0.1, -0.05) is 0 Å². The number of aromatic nitrogens is 1. The third-order valence-electron chi connectivity index (χ3n) is 2.94. The second-order valence-electron chi connectivity index (χ2n) is 4.55. The summed E-state index contributed by atoms with van der Waals surface area (Å²) < 4.78 is 6.55. The van der Waals surface area contributed by atoms with Crippen molar-refractivity contribution in [3.8, 4) is 0 Å². The van der Waals surface area contributed by atoms with Crippen molar-refractivity contribution in [3.05, 3.63) is 45.4 Å². The van der Waals surface area contributed by atoms with Crippen LogP contribution in [0.1, 0.15) is 35.6 Å². The van der Waals surface area contributed by atoms with Gasteiger partial charge in [0.05, 0.1) is 6.04 Å². The minimum Gasteiger partial charge on any atom is -0.466 e. The zero-order valence-corrected chi connectivity index (χ0v) is 12.6. The fourth-order valence-corrected chi connectivity index (χ4v) is 2.50. The number of hydrogen-bond acceptors (Lipinski definition) is 3. The van der Waals surface area contributed by atoms with Gasteiger partial charge in [-0.2, -0.15) is 0 Å². The molecule has 0 radical (unpaired) electrons. The molecule has 18 heavy (non-hydrogen) atoms. The molecule has 96 valence electrons. The van der Waals surface area contributed by atoms with E-state index in [1.807, 2.05) is 20.8 Å². The van der Waals surface area contributed by atoms with E-state index in [1.54, 1.807) is 6.20 Å². The molecule has 0 aliphatic carbocycles. The van der Waals surface area contributed by atoms with E-state index in [0.717, 1.165) is 27.4 Å². The number of hydrogen-bond donors (Lipinski definition) is 1. The Kier molecular flexibility index (Phi) is 3.76. The van der Waals surface area contributed by atoms with Crippen molar-refractivity contribution in [3.63, 3.8) is 0 Å². The van der Waals surface area contributed by atoms with Gasteiger partial charge in [0.15, 0.2) is 0 Å². The van der Waals surface area contributed by atoms with Crippen LogP contribution in [-0.4, -0.2) is 4.98 Å². The summed E-state index contributed by atoms with van der Waals surface area (Å²) in [6, 6.07) is 4.30. The molecule has 4 heteroatoms. The lowest BCUT2D eigenvalue weighted by atomic mass is 10.1. The predicted molar refractivity (Wildman–Crippen MR) is 76.9 cm³/mol. The molecule has 1 unspecified atom stereocenters. The molecule has 3 nitrogen and oxygen atoms in total. The van der Waals surface area contributed by atoms with Gasteiger partial charge in [0, 0.05) is 16.2 Å². The lowest BCUT2D eigenvalue weighted by Crippen LogP contribution is -2.09. The second kappa shape index (κ2) is 5.14. The largest absolute Gasteiger partial charge is 0.466 e. The van der Waals surface area contributed by atoms with Crippen molar-refractivity contribution in [1.82, 2.24) is 4.98 Å². The number of anilines is 1. The zero-order valence-electron chi connectivity index (χ0n) is 11.0. The van der Waals surface area contributed by atoms with Crippen LogP contribution >= 0.6 is 15.9 Å². The van der Waals surface area contributed by atoms with Crippen molar-refractivity contribution in [2.75, 3.05) is 5.32 Å². The Hall–Kier alpha value is -1.29. The SMILES string of the molecule is Cc1cc(C(C)Nc2ncc(Br)cc2C)c(C)o1. The Labute approximate surface area is 116 Å². The van der Waals surface area contributed by atoms with Crippen LogP contribution in [0.5, 0.6) is 0 Å². The number of pyridine rings is 1. The predicted octanol–water partition coefficient (Wildman–Crippen LogP) is 4.54. The summed E-state index contributed by atoms with van der Waals surface area (Å²) in [5.41, 5.74) is 2.30. The number of rotatable bonds is 3. The molecular weight excluding hydrogens is 292 g/mol. The first-order valence-electron chi connectivity index (χ1n) is 5.93. The number of nitrogens with one attached hydrogen (secondary N) is 1. The molecule has 0 amide bonds. The molecule has 1 N–H and O–H groups in total. The summed E-state index contributed by atoms with van der Waals surface area (Å²) in [6.07, 6.45) is 1.80. The number of aryl methyl sites for hydroxylation is 3.